The highest BCUT2D eigenvalue weighted by atomic mass is 32.2. The molecule has 0 bridgehead atoms. The Bertz CT molecular complexity index is 1990. The standard InChI is InChI=1S/C40H52FN5O9S/c1-24-9-7-8-10-27-22-40(27,37(49)45-56(51,52)39(41)16-17-39)44-34(47)32-21-30(54-35-31-14-13-29(53-3)20-26(31)15-18-42-35)23-46(32)36(48)33(25(2)19-24)43-38(50)55-28-11-5-4-6-12-28/h8,10,13-15,18,20,24-25,27-28,30,32-33H,4-7,9,11-12,16-17,19,21-23H2,1-3H3,(H,43,50)(H,44,47)(H,45,49)/b10-8-/t24-,25-,27-,30-,32+,33+,40-/m1/s1. The lowest BCUT2D eigenvalue weighted by Crippen LogP contribution is -2.59. The second kappa shape index (κ2) is 15.8. The van der Waals surface area contributed by atoms with E-state index in [0.29, 0.717) is 24.0 Å². The molecule has 16 heteroatoms. The van der Waals surface area contributed by atoms with Crippen molar-refractivity contribution < 1.29 is 46.2 Å². The normalized spacial score (nSPS) is 31.4. The van der Waals surface area contributed by atoms with Crippen molar-refractivity contribution in [1.82, 2.24) is 25.2 Å². The molecule has 1 aromatic carbocycles. The molecule has 304 valence electrons. The number of hydrogen-bond acceptors (Lipinski definition) is 10. The van der Waals surface area contributed by atoms with E-state index in [9.17, 15) is 32.0 Å². The molecule has 4 amide bonds. The summed E-state index contributed by atoms with van der Waals surface area (Å²) in [7, 11) is -3.09. The topological polar surface area (TPSA) is 182 Å². The number of nitrogens with zero attached hydrogens (tertiary/aromatic N) is 2. The van der Waals surface area contributed by atoms with E-state index in [1.54, 1.807) is 25.4 Å². The molecule has 5 aliphatic rings. The summed E-state index contributed by atoms with van der Waals surface area (Å²) >= 11 is 0. The van der Waals surface area contributed by atoms with Crippen molar-refractivity contribution in [1.29, 1.82) is 0 Å². The second-order valence-electron chi connectivity index (χ2n) is 16.4. The maximum atomic E-state index is 14.8. The number of sulfonamides is 1. The Morgan fingerprint density at radius 1 is 1.04 bits per heavy atom. The first-order valence-electron chi connectivity index (χ1n) is 19.8. The van der Waals surface area contributed by atoms with Gasteiger partial charge in [-0.25, -0.2) is 27.3 Å². The molecular formula is C40H52FN5O9S. The van der Waals surface area contributed by atoms with Crippen LogP contribution in [-0.2, 0) is 29.1 Å². The molecule has 3 aliphatic carbocycles. The van der Waals surface area contributed by atoms with E-state index in [4.69, 9.17) is 14.2 Å². The highest BCUT2D eigenvalue weighted by molar-refractivity contribution is 7.91. The van der Waals surface area contributed by atoms with Gasteiger partial charge >= 0.3 is 6.09 Å². The summed E-state index contributed by atoms with van der Waals surface area (Å²) in [5.74, 6) is -2.10. The van der Waals surface area contributed by atoms with Crippen LogP contribution < -0.4 is 24.8 Å². The van der Waals surface area contributed by atoms with Crippen LogP contribution in [0.3, 0.4) is 0 Å². The number of carbonyl (C=O) groups excluding carboxylic acids is 4. The number of nitrogens with one attached hydrogen (secondary N) is 3. The van der Waals surface area contributed by atoms with Crippen molar-refractivity contribution in [3.05, 3.63) is 42.6 Å². The van der Waals surface area contributed by atoms with Gasteiger partial charge in [-0.05, 0) is 92.9 Å². The average Bonchev–Trinajstić information content (AvgIpc) is 4.05. The van der Waals surface area contributed by atoms with E-state index >= 15 is 0 Å². The average molecular weight is 798 g/mol. The first-order chi connectivity index (χ1) is 26.7. The molecule has 56 heavy (non-hydrogen) atoms. The predicted octanol–water partition coefficient (Wildman–Crippen LogP) is 4.81. The van der Waals surface area contributed by atoms with Gasteiger partial charge in [-0.15, -0.1) is 0 Å². The SMILES string of the molecule is COc1ccc2c(O[C@@H]3C[C@H]4C(=O)N[C@]5(C(=O)NS(=O)(=O)C6(F)CC6)C[C@H]5/C=C\CC[C@@H](C)C[C@@H](C)[C@H](NC(=O)OC5CCCCC5)C(=O)N4C3)nccc2c1. The van der Waals surface area contributed by atoms with Gasteiger partial charge in [0.25, 0.3) is 15.9 Å². The second-order valence-corrected chi connectivity index (χ2v) is 18.3. The molecule has 2 aromatic rings. The number of halogens is 1. The zero-order valence-electron chi connectivity index (χ0n) is 32.1. The Kier molecular flexibility index (Phi) is 11.2. The number of alkyl carbamates (subject to hydrolysis) is 1. The Balaban J connectivity index is 1.20. The minimum Gasteiger partial charge on any atom is -0.497 e. The number of hydrogen-bond donors (Lipinski definition) is 3. The predicted molar refractivity (Wildman–Crippen MR) is 204 cm³/mol. The Morgan fingerprint density at radius 3 is 2.54 bits per heavy atom. The van der Waals surface area contributed by atoms with Crippen molar-refractivity contribution in [3.63, 3.8) is 0 Å². The van der Waals surface area contributed by atoms with Gasteiger partial charge in [-0.2, -0.15) is 0 Å². The lowest BCUT2D eigenvalue weighted by atomic mass is 9.88. The first kappa shape index (κ1) is 39.8. The lowest BCUT2D eigenvalue weighted by Gasteiger charge is -2.33. The summed E-state index contributed by atoms with van der Waals surface area (Å²) in [4.78, 5) is 62.3. The Labute approximate surface area is 326 Å². The number of ether oxygens (including phenoxy) is 3. The van der Waals surface area contributed by atoms with Crippen LogP contribution in [0.4, 0.5) is 9.18 Å². The van der Waals surface area contributed by atoms with Crippen LogP contribution in [0.2, 0.25) is 0 Å². The summed E-state index contributed by atoms with van der Waals surface area (Å²) in [5.41, 5.74) is -1.68. The maximum absolute atomic E-state index is 14.8. The van der Waals surface area contributed by atoms with Gasteiger partial charge in [0.15, 0.2) is 0 Å². The van der Waals surface area contributed by atoms with Crippen LogP contribution in [0.5, 0.6) is 11.6 Å². The van der Waals surface area contributed by atoms with Crippen LogP contribution in [0.1, 0.15) is 90.9 Å². The highest BCUT2D eigenvalue weighted by Gasteiger charge is 2.64. The fourth-order valence-electron chi connectivity index (χ4n) is 8.49. The molecule has 0 spiro atoms. The minimum atomic E-state index is -4.66. The minimum absolute atomic E-state index is 0.0000847. The first-order valence-corrected chi connectivity index (χ1v) is 21.3. The molecule has 7 rings (SSSR count). The number of carbonyl (C=O) groups is 4. The zero-order chi connectivity index (χ0) is 39.8. The molecular weight excluding hydrogens is 746 g/mol. The Hall–Kier alpha value is -4.47. The number of alkyl halides is 1. The Morgan fingerprint density at radius 2 is 1.80 bits per heavy atom. The van der Waals surface area contributed by atoms with E-state index in [2.05, 4.69) is 22.5 Å². The van der Waals surface area contributed by atoms with E-state index in [1.807, 2.05) is 35.9 Å². The largest absolute Gasteiger partial charge is 0.497 e. The third-order valence-corrected chi connectivity index (χ3v) is 13.9. The number of allylic oxidation sites excluding steroid dienone is 1. The fraction of sp³-hybridized carbons (Fsp3) is 0.625. The van der Waals surface area contributed by atoms with Crippen LogP contribution in [0.25, 0.3) is 10.8 Å². The summed E-state index contributed by atoms with van der Waals surface area (Å²) < 4.78 is 60.0. The molecule has 2 aliphatic heterocycles. The van der Waals surface area contributed by atoms with E-state index in [1.165, 1.54) is 4.90 Å². The van der Waals surface area contributed by atoms with Crippen LogP contribution in [-0.4, -0.2) is 90.6 Å². The lowest BCUT2D eigenvalue weighted by molar-refractivity contribution is -0.142. The summed E-state index contributed by atoms with van der Waals surface area (Å²) in [6.45, 7) is 3.91. The van der Waals surface area contributed by atoms with Crippen molar-refractivity contribution >= 4 is 44.6 Å². The molecule has 4 fully saturated rings. The van der Waals surface area contributed by atoms with Gasteiger partial charge in [0.2, 0.25) is 22.7 Å². The van der Waals surface area contributed by atoms with E-state index in [0.717, 1.165) is 43.9 Å². The van der Waals surface area contributed by atoms with Crippen LogP contribution in [0.15, 0.2) is 42.6 Å². The zero-order valence-corrected chi connectivity index (χ0v) is 32.9. The van der Waals surface area contributed by atoms with Gasteiger partial charge in [-0.1, -0.05) is 32.4 Å². The molecule has 0 unspecified atom stereocenters. The van der Waals surface area contributed by atoms with Crippen molar-refractivity contribution in [2.75, 3.05) is 13.7 Å². The van der Waals surface area contributed by atoms with Gasteiger partial charge in [-0.3, -0.25) is 14.4 Å². The number of rotatable bonds is 8. The summed E-state index contributed by atoms with van der Waals surface area (Å²) in [6, 6.07) is 4.99. The van der Waals surface area contributed by atoms with Gasteiger partial charge in [0.1, 0.15) is 35.6 Å². The van der Waals surface area contributed by atoms with Crippen molar-refractivity contribution in [2.45, 2.75) is 126 Å². The van der Waals surface area contributed by atoms with Gasteiger partial charge < -0.3 is 29.7 Å². The van der Waals surface area contributed by atoms with Gasteiger partial charge in [0.05, 0.1) is 13.7 Å². The highest BCUT2D eigenvalue weighted by Crippen LogP contribution is 2.48. The third kappa shape index (κ3) is 8.30. The number of aromatic nitrogens is 1. The number of methoxy groups -OCH3 is 1. The molecule has 3 saturated carbocycles. The molecule has 3 heterocycles. The van der Waals surface area contributed by atoms with Crippen molar-refractivity contribution in [3.8, 4) is 11.6 Å². The molecule has 0 radical (unpaired) electrons. The molecule has 1 aromatic heterocycles. The molecule has 3 N–H and O–H groups in total. The molecule has 7 atom stereocenters. The number of fused-ring (bicyclic) bond motifs is 3. The monoisotopic (exact) mass is 797 g/mol. The number of benzene rings is 1. The van der Waals surface area contributed by atoms with Gasteiger partial charge in [0, 0.05) is 36.8 Å². The van der Waals surface area contributed by atoms with E-state index in [-0.39, 0.29) is 56.0 Å². The summed E-state index contributed by atoms with van der Waals surface area (Å²) in [5, 5.41) is 4.62. The fourth-order valence-corrected chi connectivity index (χ4v) is 9.74. The van der Waals surface area contributed by atoms with Crippen molar-refractivity contribution in [2.24, 2.45) is 17.8 Å². The number of pyridine rings is 1. The third-order valence-electron chi connectivity index (χ3n) is 12.1. The maximum Gasteiger partial charge on any atom is 0.408 e. The van der Waals surface area contributed by atoms with Crippen LogP contribution in [0, 0.1) is 17.8 Å². The number of amides is 4. The molecule has 1 saturated heterocycles. The molecule has 14 nitrogen and oxygen atoms in total. The van der Waals surface area contributed by atoms with Crippen LogP contribution >= 0.6 is 0 Å². The summed E-state index contributed by atoms with van der Waals surface area (Å²) in [6.07, 6.45) is 9.66. The van der Waals surface area contributed by atoms with E-state index < -0.39 is 68.5 Å². The smallest absolute Gasteiger partial charge is 0.408 e. The quantitative estimate of drug-likeness (QED) is 0.314.